The number of rotatable bonds is 3. The van der Waals surface area contributed by atoms with Crippen LogP contribution in [-0.4, -0.2) is 45.6 Å². The van der Waals surface area contributed by atoms with Gasteiger partial charge in [0.2, 0.25) is 5.91 Å². The first-order chi connectivity index (χ1) is 7.73. The molecule has 7 heteroatoms. The number of hydrogen-bond acceptors (Lipinski definition) is 4. The van der Waals surface area contributed by atoms with Crippen molar-refractivity contribution in [1.29, 1.82) is 0 Å². The van der Waals surface area contributed by atoms with Crippen molar-refractivity contribution in [1.82, 2.24) is 10.2 Å². The molecule has 1 aliphatic heterocycles. The molecule has 2 N–H and O–H groups in total. The predicted octanol–water partition coefficient (Wildman–Crippen LogP) is 1.36. The van der Waals surface area contributed by atoms with E-state index in [0.29, 0.717) is 0 Å². The SMILES string of the molecule is CC(C)(C)C(CNC(=O)O)N1C(=O)CSC1=O. The Morgan fingerprint density at radius 2 is 2.12 bits per heavy atom. The van der Waals surface area contributed by atoms with Gasteiger partial charge in [-0.2, -0.15) is 0 Å². The van der Waals surface area contributed by atoms with Gasteiger partial charge in [-0.15, -0.1) is 0 Å². The zero-order valence-electron chi connectivity index (χ0n) is 10.0. The van der Waals surface area contributed by atoms with Crippen molar-refractivity contribution >= 4 is 29.0 Å². The van der Waals surface area contributed by atoms with Crippen LogP contribution in [0.3, 0.4) is 0 Å². The van der Waals surface area contributed by atoms with Crippen LogP contribution in [0.5, 0.6) is 0 Å². The van der Waals surface area contributed by atoms with Crippen molar-refractivity contribution in [2.24, 2.45) is 5.41 Å². The van der Waals surface area contributed by atoms with Crippen molar-refractivity contribution in [3.8, 4) is 0 Å². The number of thioether (sulfide) groups is 1. The Morgan fingerprint density at radius 3 is 2.47 bits per heavy atom. The first kappa shape index (κ1) is 13.8. The van der Waals surface area contributed by atoms with Crippen molar-refractivity contribution < 1.29 is 19.5 Å². The van der Waals surface area contributed by atoms with Crippen LogP contribution in [0.15, 0.2) is 0 Å². The van der Waals surface area contributed by atoms with Crippen LogP contribution in [0.2, 0.25) is 0 Å². The molecule has 6 nitrogen and oxygen atoms in total. The first-order valence-corrected chi connectivity index (χ1v) is 6.17. The third-order valence-corrected chi connectivity index (χ3v) is 3.38. The lowest BCUT2D eigenvalue weighted by molar-refractivity contribution is -0.127. The summed E-state index contributed by atoms with van der Waals surface area (Å²) >= 11 is 0.954. The van der Waals surface area contributed by atoms with Crippen LogP contribution in [0.4, 0.5) is 9.59 Å². The summed E-state index contributed by atoms with van der Waals surface area (Å²) in [4.78, 5) is 34.9. The Kier molecular flexibility index (Phi) is 4.03. The molecular formula is C10H16N2O4S. The summed E-state index contributed by atoms with van der Waals surface area (Å²) in [5.74, 6) is -0.120. The van der Waals surface area contributed by atoms with Crippen molar-refractivity contribution in [2.45, 2.75) is 26.8 Å². The summed E-state index contributed by atoms with van der Waals surface area (Å²) in [7, 11) is 0. The fourth-order valence-corrected chi connectivity index (χ4v) is 2.39. The van der Waals surface area contributed by atoms with Gasteiger partial charge in [-0.1, -0.05) is 32.5 Å². The number of nitrogens with zero attached hydrogens (tertiary/aromatic N) is 1. The smallest absolute Gasteiger partial charge is 0.404 e. The van der Waals surface area contributed by atoms with E-state index in [9.17, 15) is 14.4 Å². The molecule has 1 heterocycles. The van der Waals surface area contributed by atoms with Gasteiger partial charge in [-0.3, -0.25) is 14.5 Å². The molecule has 1 atom stereocenters. The van der Waals surface area contributed by atoms with E-state index < -0.39 is 12.1 Å². The van der Waals surface area contributed by atoms with Gasteiger partial charge >= 0.3 is 6.09 Å². The van der Waals surface area contributed by atoms with Crippen LogP contribution in [0.25, 0.3) is 0 Å². The zero-order valence-corrected chi connectivity index (χ0v) is 10.8. The molecule has 0 aromatic heterocycles. The molecule has 3 amide bonds. The summed E-state index contributed by atoms with van der Waals surface area (Å²) < 4.78 is 0. The first-order valence-electron chi connectivity index (χ1n) is 5.19. The second-order valence-corrected chi connectivity index (χ2v) is 5.81. The molecule has 0 radical (unpaired) electrons. The minimum atomic E-state index is -1.16. The number of amides is 3. The molecule has 0 aromatic rings. The number of carbonyl (C=O) groups excluding carboxylic acids is 2. The molecule has 0 aromatic carbocycles. The Morgan fingerprint density at radius 1 is 1.53 bits per heavy atom. The molecule has 0 aliphatic carbocycles. The van der Waals surface area contributed by atoms with Crippen LogP contribution < -0.4 is 5.32 Å². The Bertz CT molecular complexity index is 335. The largest absolute Gasteiger partial charge is 0.465 e. The fourth-order valence-electron chi connectivity index (χ4n) is 1.63. The minimum absolute atomic E-state index is 0.0525. The highest BCUT2D eigenvalue weighted by molar-refractivity contribution is 8.14. The van der Waals surface area contributed by atoms with E-state index in [-0.39, 0.29) is 28.9 Å². The van der Waals surface area contributed by atoms with E-state index in [1.54, 1.807) is 0 Å². The summed E-state index contributed by atoms with van der Waals surface area (Å²) in [5, 5.41) is 10.5. The second kappa shape index (κ2) is 4.95. The normalized spacial score (nSPS) is 18.4. The lowest BCUT2D eigenvalue weighted by Gasteiger charge is -2.36. The average molecular weight is 260 g/mol. The molecule has 96 valence electrons. The van der Waals surface area contributed by atoms with E-state index in [2.05, 4.69) is 5.32 Å². The third kappa shape index (κ3) is 3.36. The van der Waals surface area contributed by atoms with Gasteiger partial charge in [-0.25, -0.2) is 4.79 Å². The average Bonchev–Trinajstić information content (AvgIpc) is 2.46. The zero-order chi connectivity index (χ0) is 13.2. The van der Waals surface area contributed by atoms with Crippen LogP contribution in [0, 0.1) is 5.41 Å². The van der Waals surface area contributed by atoms with Gasteiger partial charge in [0, 0.05) is 6.54 Å². The maximum Gasteiger partial charge on any atom is 0.404 e. The van der Waals surface area contributed by atoms with Gasteiger partial charge in [-0.05, 0) is 5.41 Å². The minimum Gasteiger partial charge on any atom is -0.465 e. The van der Waals surface area contributed by atoms with Crippen molar-refractivity contribution in [3.63, 3.8) is 0 Å². The lowest BCUT2D eigenvalue weighted by atomic mass is 9.85. The molecule has 1 fully saturated rings. The molecule has 1 aliphatic rings. The van der Waals surface area contributed by atoms with Gasteiger partial charge in [0.05, 0.1) is 11.8 Å². The Labute approximate surface area is 104 Å². The number of nitrogens with one attached hydrogen (secondary N) is 1. The summed E-state index contributed by atoms with van der Waals surface area (Å²) in [6.07, 6.45) is -1.16. The maximum atomic E-state index is 11.6. The molecule has 17 heavy (non-hydrogen) atoms. The predicted molar refractivity (Wildman–Crippen MR) is 64.0 cm³/mol. The molecule has 0 saturated carbocycles. The highest BCUT2D eigenvalue weighted by Crippen LogP contribution is 2.30. The van der Waals surface area contributed by atoms with Crippen LogP contribution >= 0.6 is 11.8 Å². The quantitative estimate of drug-likeness (QED) is 0.800. The molecule has 1 saturated heterocycles. The number of imide groups is 1. The van der Waals surface area contributed by atoms with Gasteiger partial charge in [0.1, 0.15) is 0 Å². The highest BCUT2D eigenvalue weighted by atomic mass is 32.2. The van der Waals surface area contributed by atoms with E-state index in [0.717, 1.165) is 11.8 Å². The molecular weight excluding hydrogens is 244 g/mol. The fraction of sp³-hybridized carbons (Fsp3) is 0.700. The summed E-state index contributed by atoms with van der Waals surface area (Å²) in [6.45, 7) is 5.65. The van der Waals surface area contributed by atoms with Crippen LogP contribution in [-0.2, 0) is 4.79 Å². The molecule has 1 rings (SSSR count). The molecule has 0 spiro atoms. The maximum absolute atomic E-state index is 11.6. The summed E-state index contributed by atoms with van der Waals surface area (Å²) in [5.41, 5.74) is -0.376. The standard InChI is InChI=1S/C10H16N2O4S/c1-10(2,3)6(4-11-8(14)15)12-7(13)5-17-9(12)16/h6,11H,4-5H2,1-3H3,(H,14,15). The van der Waals surface area contributed by atoms with Gasteiger partial charge < -0.3 is 10.4 Å². The molecule has 1 unspecified atom stereocenters. The molecule has 0 bridgehead atoms. The van der Waals surface area contributed by atoms with E-state index in [1.807, 2.05) is 20.8 Å². The second-order valence-electron chi connectivity index (χ2n) is 4.89. The topological polar surface area (TPSA) is 86.7 Å². The highest BCUT2D eigenvalue weighted by Gasteiger charge is 2.41. The number of carbonyl (C=O) groups is 3. The van der Waals surface area contributed by atoms with Crippen LogP contribution in [0.1, 0.15) is 20.8 Å². The Hall–Kier alpha value is -1.24. The van der Waals surface area contributed by atoms with E-state index in [1.165, 1.54) is 4.90 Å². The van der Waals surface area contributed by atoms with E-state index >= 15 is 0 Å². The lowest BCUT2D eigenvalue weighted by Crippen LogP contribution is -2.52. The third-order valence-electron chi connectivity index (χ3n) is 2.54. The van der Waals surface area contributed by atoms with Crippen molar-refractivity contribution in [3.05, 3.63) is 0 Å². The number of hydrogen-bond donors (Lipinski definition) is 2. The Balaban J connectivity index is 2.86. The monoisotopic (exact) mass is 260 g/mol. The number of carboxylic acid groups (broad SMARTS) is 1. The van der Waals surface area contributed by atoms with Gasteiger partial charge in [0.25, 0.3) is 5.24 Å². The van der Waals surface area contributed by atoms with Gasteiger partial charge in [0.15, 0.2) is 0 Å². The van der Waals surface area contributed by atoms with Crippen molar-refractivity contribution in [2.75, 3.05) is 12.3 Å². The van der Waals surface area contributed by atoms with E-state index in [4.69, 9.17) is 5.11 Å². The summed E-state index contributed by atoms with van der Waals surface area (Å²) in [6, 6.07) is -0.464.